The van der Waals surface area contributed by atoms with E-state index in [0.29, 0.717) is 25.7 Å². The number of phosphoric ester groups is 2. The minimum atomic E-state index is -4.99. The van der Waals surface area contributed by atoms with E-state index >= 15 is 0 Å². The maximum atomic E-state index is 13.1. The number of hydrogen-bond acceptors (Lipinski definition) is 15. The van der Waals surface area contributed by atoms with Crippen LogP contribution >= 0.6 is 15.6 Å². The highest BCUT2D eigenvalue weighted by molar-refractivity contribution is 7.47. The lowest BCUT2D eigenvalue weighted by molar-refractivity contribution is -0.161. The minimum absolute atomic E-state index is 0.0734. The average Bonchev–Trinajstić information content (AvgIpc) is 0.923. The second-order valence-corrected chi connectivity index (χ2v) is 29.1. The van der Waals surface area contributed by atoms with E-state index in [1.807, 2.05) is 0 Å². The number of aliphatic hydroxyl groups is 1. The normalized spacial score (nSPS) is 14.5. The molecule has 17 nitrogen and oxygen atoms in total. The largest absolute Gasteiger partial charge is 0.472 e. The summed E-state index contributed by atoms with van der Waals surface area (Å²) in [4.78, 5) is 73.0. The van der Waals surface area contributed by atoms with Gasteiger partial charge < -0.3 is 33.8 Å². The monoisotopic (exact) mass is 1470 g/mol. The molecule has 5 atom stereocenters. The lowest BCUT2D eigenvalue weighted by Gasteiger charge is -2.21. The third-order valence-electron chi connectivity index (χ3n) is 16.4. The molecule has 5 unspecified atom stereocenters. The smallest absolute Gasteiger partial charge is 0.462 e. The molecule has 0 aliphatic rings. The Balaban J connectivity index is 5.40. The number of carbonyl (C=O) groups is 4. The number of carbonyl (C=O) groups excluding carboxylic acids is 4. The number of esters is 4. The van der Waals surface area contributed by atoms with Crippen LogP contribution in [0.1, 0.15) is 323 Å². The molecule has 19 heteroatoms. The summed E-state index contributed by atoms with van der Waals surface area (Å²) in [5, 5.41) is 10.6. The molecule has 586 valence electrons. The van der Waals surface area contributed by atoms with Crippen molar-refractivity contribution in [3.8, 4) is 0 Å². The zero-order valence-corrected chi connectivity index (χ0v) is 65.8. The Morgan fingerprint density at radius 1 is 0.284 bits per heavy atom. The lowest BCUT2D eigenvalue weighted by Crippen LogP contribution is -2.30. The summed E-state index contributed by atoms with van der Waals surface area (Å²) in [6, 6.07) is 0. The highest BCUT2D eigenvalue weighted by Crippen LogP contribution is 2.45. The van der Waals surface area contributed by atoms with E-state index < -0.39 is 97.5 Å². The molecule has 0 amide bonds. The van der Waals surface area contributed by atoms with Crippen molar-refractivity contribution < 1.29 is 80.2 Å². The molecule has 0 aromatic heterocycles. The van der Waals surface area contributed by atoms with Crippen LogP contribution in [-0.2, 0) is 65.4 Å². The SMILES string of the molecule is CC/C=C\C/C=C\C/C=C\C/C=C\C/C=C\CCCCCC(=O)OCC(COP(=O)(O)OCC(O)COP(=O)(O)OCC(COC(=O)CCCCCCC/C=C\CCCCCC)OC(=O)CCCCCCC/C=C\CCCCCC)OC(=O)CCCCCCCCC/C=C\C/C=C\C/C=C\CC. The van der Waals surface area contributed by atoms with Gasteiger partial charge in [-0.05, 0) is 154 Å². The summed E-state index contributed by atoms with van der Waals surface area (Å²) in [6.07, 6.45) is 81.8. The summed E-state index contributed by atoms with van der Waals surface area (Å²) in [5.74, 6) is -2.23. The van der Waals surface area contributed by atoms with E-state index in [4.69, 9.17) is 37.0 Å². The fourth-order valence-corrected chi connectivity index (χ4v) is 11.9. The van der Waals surface area contributed by atoms with Crippen molar-refractivity contribution in [2.75, 3.05) is 39.6 Å². The number of allylic oxidation sites excluding steroid dienone is 20. The van der Waals surface area contributed by atoms with Crippen LogP contribution in [0.2, 0.25) is 0 Å². The Hall–Kier alpha value is -4.54. The van der Waals surface area contributed by atoms with E-state index in [0.717, 1.165) is 193 Å². The molecule has 0 radical (unpaired) electrons. The first kappa shape index (κ1) is 97.5. The summed E-state index contributed by atoms with van der Waals surface area (Å²) < 4.78 is 68.5. The van der Waals surface area contributed by atoms with E-state index in [2.05, 4.69) is 149 Å². The highest BCUT2D eigenvalue weighted by atomic mass is 31.2. The van der Waals surface area contributed by atoms with Crippen LogP contribution in [-0.4, -0.2) is 96.7 Å². The van der Waals surface area contributed by atoms with Gasteiger partial charge in [-0.3, -0.25) is 37.3 Å². The van der Waals surface area contributed by atoms with Crippen LogP contribution in [0, 0.1) is 0 Å². The molecular formula is C83H142O17P2. The molecule has 0 spiro atoms. The molecule has 3 N–H and O–H groups in total. The van der Waals surface area contributed by atoms with Crippen molar-refractivity contribution in [3.63, 3.8) is 0 Å². The van der Waals surface area contributed by atoms with Crippen molar-refractivity contribution in [3.05, 3.63) is 122 Å². The quantitative estimate of drug-likeness (QED) is 0.0169. The topological polar surface area (TPSA) is 237 Å². The fourth-order valence-electron chi connectivity index (χ4n) is 10.4. The molecule has 0 aromatic rings. The standard InChI is InChI=1S/C83H142O17P2/c1-5-9-13-17-21-25-29-33-35-37-38-40-41-45-48-52-56-60-64-68-81(86)94-74-79(100-83(88)70-66-62-58-54-50-46-42-39-36-34-30-26-22-18-14-10-6-2)76-98-102(91,92)96-72-77(84)71-95-101(89,90)97-75-78(99-82(87)69-65-61-57-53-49-44-32-28-24-20-16-12-8-4)73-93-80(85)67-63-59-55-51-47-43-31-27-23-19-15-11-7-3/h9-10,13-14,21-22,25-28,31-36,38,40,45,48,77-79,84H,5-8,11-12,15-20,23-24,29-30,37,39,41-44,46-47,49-76H2,1-4H3,(H,89,90)(H,91,92)/b13-9-,14-10-,25-21-,26-22-,31-27-,32-28-,35-33-,36-34-,40-38-,48-45-. The van der Waals surface area contributed by atoms with E-state index in [1.54, 1.807) is 0 Å². The zero-order chi connectivity index (χ0) is 74.6. The van der Waals surface area contributed by atoms with Gasteiger partial charge in [-0.15, -0.1) is 0 Å². The zero-order valence-electron chi connectivity index (χ0n) is 64.0. The predicted molar refractivity (Wildman–Crippen MR) is 418 cm³/mol. The maximum absolute atomic E-state index is 13.1. The van der Waals surface area contributed by atoms with Crippen molar-refractivity contribution in [1.29, 1.82) is 0 Å². The van der Waals surface area contributed by atoms with Crippen LogP contribution < -0.4 is 0 Å². The Kier molecular flexibility index (Phi) is 71.4. The summed E-state index contributed by atoms with van der Waals surface area (Å²) in [5.41, 5.74) is 0. The molecule has 102 heavy (non-hydrogen) atoms. The van der Waals surface area contributed by atoms with Gasteiger partial charge in [0.1, 0.15) is 19.3 Å². The Bertz CT molecular complexity index is 2410. The molecule has 0 bridgehead atoms. The van der Waals surface area contributed by atoms with Crippen molar-refractivity contribution in [1.82, 2.24) is 0 Å². The predicted octanol–water partition coefficient (Wildman–Crippen LogP) is 23.1. The fraction of sp³-hybridized carbons (Fsp3) is 0.711. The summed E-state index contributed by atoms with van der Waals surface area (Å²) in [6.45, 7) is 4.57. The Labute approximate surface area is 619 Å². The summed E-state index contributed by atoms with van der Waals surface area (Å²) >= 11 is 0. The van der Waals surface area contributed by atoms with E-state index in [9.17, 15) is 43.2 Å². The number of unbranched alkanes of at least 4 members (excludes halogenated alkanes) is 28. The van der Waals surface area contributed by atoms with Gasteiger partial charge in [0, 0.05) is 25.7 Å². The van der Waals surface area contributed by atoms with Crippen LogP contribution in [0.5, 0.6) is 0 Å². The Morgan fingerprint density at radius 3 is 0.804 bits per heavy atom. The number of rotatable bonds is 74. The molecular weight excluding hydrogens is 1330 g/mol. The molecule has 0 saturated carbocycles. The maximum Gasteiger partial charge on any atom is 0.472 e. The van der Waals surface area contributed by atoms with Gasteiger partial charge in [-0.2, -0.15) is 0 Å². The first-order valence-corrected chi connectivity index (χ1v) is 42.8. The molecule has 0 aliphatic heterocycles. The average molecular weight is 1470 g/mol. The van der Waals surface area contributed by atoms with Crippen molar-refractivity contribution in [2.24, 2.45) is 0 Å². The van der Waals surface area contributed by atoms with Gasteiger partial charge in [0.05, 0.1) is 26.4 Å². The first-order valence-electron chi connectivity index (χ1n) is 39.8. The molecule has 0 heterocycles. The molecule has 0 aromatic carbocycles. The second-order valence-electron chi connectivity index (χ2n) is 26.2. The number of hydrogen-bond donors (Lipinski definition) is 3. The van der Waals surface area contributed by atoms with Crippen LogP contribution in [0.4, 0.5) is 0 Å². The molecule has 0 saturated heterocycles. The van der Waals surface area contributed by atoms with Gasteiger partial charge in [-0.25, -0.2) is 9.13 Å². The molecule has 0 fully saturated rings. The van der Waals surface area contributed by atoms with Gasteiger partial charge in [-0.1, -0.05) is 265 Å². The number of ether oxygens (including phenoxy) is 4. The van der Waals surface area contributed by atoms with Crippen LogP contribution in [0.15, 0.2) is 122 Å². The highest BCUT2D eigenvalue weighted by Gasteiger charge is 2.30. The minimum Gasteiger partial charge on any atom is -0.462 e. The molecule has 0 rings (SSSR count). The Morgan fingerprint density at radius 2 is 0.510 bits per heavy atom. The van der Waals surface area contributed by atoms with Gasteiger partial charge in [0.2, 0.25) is 0 Å². The van der Waals surface area contributed by atoms with Gasteiger partial charge >= 0.3 is 39.5 Å². The molecule has 0 aliphatic carbocycles. The van der Waals surface area contributed by atoms with Crippen LogP contribution in [0.25, 0.3) is 0 Å². The second kappa shape index (κ2) is 74.7. The van der Waals surface area contributed by atoms with Gasteiger partial charge in [0.25, 0.3) is 0 Å². The van der Waals surface area contributed by atoms with E-state index in [-0.39, 0.29) is 25.7 Å². The lowest BCUT2D eigenvalue weighted by atomic mass is 10.1. The van der Waals surface area contributed by atoms with Crippen molar-refractivity contribution in [2.45, 2.75) is 341 Å². The third-order valence-corrected chi connectivity index (χ3v) is 18.3. The number of phosphoric acid groups is 2. The number of aliphatic hydroxyl groups excluding tert-OH is 1. The summed E-state index contributed by atoms with van der Waals surface area (Å²) in [7, 11) is -9.97. The van der Waals surface area contributed by atoms with Crippen LogP contribution in [0.3, 0.4) is 0 Å². The van der Waals surface area contributed by atoms with Gasteiger partial charge in [0.15, 0.2) is 12.2 Å². The van der Waals surface area contributed by atoms with E-state index in [1.165, 1.54) is 51.4 Å². The third kappa shape index (κ3) is 73.8. The van der Waals surface area contributed by atoms with Crippen molar-refractivity contribution >= 4 is 39.5 Å². The first-order chi connectivity index (χ1) is 49.7.